The van der Waals surface area contributed by atoms with Crippen molar-refractivity contribution in [1.29, 1.82) is 0 Å². The van der Waals surface area contributed by atoms with Gasteiger partial charge in [0.15, 0.2) is 0 Å². The average Bonchev–Trinajstić information content (AvgIpc) is 3.39. The Balaban J connectivity index is 1.35. The Labute approximate surface area is 176 Å². The Hall–Kier alpha value is -2.97. The second kappa shape index (κ2) is 7.70. The van der Waals surface area contributed by atoms with Crippen molar-refractivity contribution in [2.24, 2.45) is 0 Å². The lowest BCUT2D eigenvalue weighted by Gasteiger charge is -2.17. The lowest BCUT2D eigenvalue weighted by molar-refractivity contribution is 0.314. The van der Waals surface area contributed by atoms with Crippen molar-refractivity contribution in [2.75, 3.05) is 26.7 Å². The predicted molar refractivity (Wildman–Crippen MR) is 119 cm³/mol. The number of pyridine rings is 1. The van der Waals surface area contributed by atoms with Crippen LogP contribution in [0.5, 0.6) is 5.75 Å². The van der Waals surface area contributed by atoms with Crippen LogP contribution in [0.1, 0.15) is 17.9 Å². The fourth-order valence-electron chi connectivity index (χ4n) is 4.24. The smallest absolute Gasteiger partial charge is 0.328 e. The SMILES string of the molecule is COc1cccc([C@@H]2CCN(CCn3c(=O)[nH]c4c(sc5ncccc54)c3=O)C2)c1. The highest BCUT2D eigenvalue weighted by atomic mass is 32.1. The zero-order chi connectivity index (χ0) is 20.7. The molecule has 1 aromatic carbocycles. The molecular weight excluding hydrogens is 400 g/mol. The molecule has 0 radical (unpaired) electrons. The van der Waals surface area contributed by atoms with Gasteiger partial charge < -0.3 is 14.6 Å². The van der Waals surface area contributed by atoms with Crippen molar-refractivity contribution in [3.05, 3.63) is 69.0 Å². The summed E-state index contributed by atoms with van der Waals surface area (Å²) in [5, 5.41) is 0.819. The molecule has 3 aromatic heterocycles. The summed E-state index contributed by atoms with van der Waals surface area (Å²) in [5.74, 6) is 1.31. The van der Waals surface area contributed by atoms with Crippen LogP contribution in [0, 0.1) is 0 Å². The maximum atomic E-state index is 13.0. The molecule has 0 amide bonds. The van der Waals surface area contributed by atoms with Crippen LogP contribution in [0.4, 0.5) is 0 Å². The molecule has 0 unspecified atom stereocenters. The Kier molecular flexibility index (Phi) is 4.88. The molecule has 154 valence electrons. The van der Waals surface area contributed by atoms with Gasteiger partial charge in [-0.1, -0.05) is 12.1 Å². The minimum Gasteiger partial charge on any atom is -0.497 e. The number of thiophene rings is 1. The van der Waals surface area contributed by atoms with E-state index in [-0.39, 0.29) is 11.2 Å². The van der Waals surface area contributed by atoms with E-state index < -0.39 is 0 Å². The molecule has 5 rings (SSSR count). The number of nitrogens with one attached hydrogen (secondary N) is 1. The monoisotopic (exact) mass is 422 g/mol. The van der Waals surface area contributed by atoms with Gasteiger partial charge in [0.1, 0.15) is 15.3 Å². The Bertz CT molecular complexity index is 1340. The van der Waals surface area contributed by atoms with Crippen molar-refractivity contribution >= 4 is 31.8 Å². The Morgan fingerprint density at radius 1 is 1.23 bits per heavy atom. The van der Waals surface area contributed by atoms with Crippen LogP contribution in [-0.2, 0) is 6.54 Å². The van der Waals surface area contributed by atoms with Crippen LogP contribution in [0.3, 0.4) is 0 Å². The van der Waals surface area contributed by atoms with Gasteiger partial charge in [-0.05, 0) is 48.7 Å². The molecule has 0 aliphatic carbocycles. The lowest BCUT2D eigenvalue weighted by atomic mass is 9.98. The molecule has 1 aliphatic heterocycles. The van der Waals surface area contributed by atoms with Crippen LogP contribution in [0.2, 0.25) is 0 Å². The molecule has 1 aliphatic rings. The van der Waals surface area contributed by atoms with Gasteiger partial charge in [-0.25, -0.2) is 9.78 Å². The van der Waals surface area contributed by atoms with Crippen molar-refractivity contribution in [3.63, 3.8) is 0 Å². The zero-order valence-corrected chi connectivity index (χ0v) is 17.4. The second-order valence-corrected chi connectivity index (χ2v) is 8.61. The second-order valence-electron chi connectivity index (χ2n) is 7.61. The first-order valence-electron chi connectivity index (χ1n) is 10.0. The van der Waals surface area contributed by atoms with Crippen molar-refractivity contribution < 1.29 is 4.74 Å². The van der Waals surface area contributed by atoms with Gasteiger partial charge in [-0.2, -0.15) is 0 Å². The first-order chi connectivity index (χ1) is 14.6. The number of benzene rings is 1. The minimum absolute atomic E-state index is 0.236. The van der Waals surface area contributed by atoms with E-state index in [2.05, 4.69) is 27.0 Å². The van der Waals surface area contributed by atoms with E-state index in [0.717, 1.165) is 35.5 Å². The van der Waals surface area contributed by atoms with Crippen LogP contribution < -0.4 is 16.0 Å². The normalized spacial score (nSPS) is 17.2. The number of likely N-dealkylation sites (tertiary alicyclic amines) is 1. The predicted octanol–water partition coefficient (Wildman–Crippen LogP) is 2.80. The fourth-order valence-corrected chi connectivity index (χ4v) is 5.29. The van der Waals surface area contributed by atoms with Crippen molar-refractivity contribution in [2.45, 2.75) is 18.9 Å². The van der Waals surface area contributed by atoms with Crippen LogP contribution in [0.25, 0.3) is 20.4 Å². The van der Waals surface area contributed by atoms with E-state index in [1.165, 1.54) is 21.5 Å². The minimum atomic E-state index is -0.361. The van der Waals surface area contributed by atoms with E-state index in [4.69, 9.17) is 4.74 Å². The van der Waals surface area contributed by atoms with Gasteiger partial charge in [-0.3, -0.25) is 9.36 Å². The summed E-state index contributed by atoms with van der Waals surface area (Å²) in [7, 11) is 1.68. The van der Waals surface area contributed by atoms with E-state index in [9.17, 15) is 9.59 Å². The molecule has 7 nitrogen and oxygen atoms in total. The molecule has 8 heteroatoms. The third kappa shape index (κ3) is 3.32. The maximum Gasteiger partial charge on any atom is 0.328 e. The molecule has 1 fully saturated rings. The maximum absolute atomic E-state index is 13.0. The van der Waals surface area contributed by atoms with E-state index in [0.29, 0.717) is 29.2 Å². The van der Waals surface area contributed by atoms with Gasteiger partial charge in [0.05, 0.1) is 12.6 Å². The molecule has 0 bridgehead atoms. The fraction of sp³-hybridized carbons (Fsp3) is 0.318. The topological polar surface area (TPSA) is 80.2 Å². The van der Waals surface area contributed by atoms with Gasteiger partial charge >= 0.3 is 5.69 Å². The highest BCUT2D eigenvalue weighted by Gasteiger charge is 2.24. The Morgan fingerprint density at radius 3 is 3.00 bits per heavy atom. The number of ether oxygens (including phenoxy) is 1. The number of hydrogen-bond acceptors (Lipinski definition) is 6. The summed E-state index contributed by atoms with van der Waals surface area (Å²) in [6.45, 7) is 2.90. The number of hydrogen-bond donors (Lipinski definition) is 1. The molecule has 0 spiro atoms. The lowest BCUT2D eigenvalue weighted by Crippen LogP contribution is -2.38. The molecule has 30 heavy (non-hydrogen) atoms. The Morgan fingerprint density at radius 2 is 2.13 bits per heavy atom. The number of nitrogens with zero attached hydrogens (tertiary/aromatic N) is 3. The molecule has 1 atom stereocenters. The number of aromatic amines is 1. The summed E-state index contributed by atoms with van der Waals surface area (Å²) in [6, 6.07) is 11.9. The molecule has 4 aromatic rings. The quantitative estimate of drug-likeness (QED) is 0.535. The molecule has 1 N–H and O–H groups in total. The summed E-state index contributed by atoms with van der Waals surface area (Å²) in [6.07, 6.45) is 2.75. The summed E-state index contributed by atoms with van der Waals surface area (Å²) >= 11 is 1.33. The summed E-state index contributed by atoms with van der Waals surface area (Å²) < 4.78 is 7.21. The summed E-state index contributed by atoms with van der Waals surface area (Å²) in [5.41, 5.74) is 1.26. The standard InChI is InChI=1S/C22H22N4O3S/c1-29-16-5-2-4-14(12-16)15-7-9-25(13-15)10-11-26-21(27)19-18(24-22(26)28)17-6-3-8-23-20(17)30-19/h2-6,8,12,15H,7,9-11,13H2,1H3,(H,24,28)/t15-/m1/s1. The molecular formula is C22H22N4O3S. The molecule has 1 saturated heterocycles. The van der Waals surface area contributed by atoms with Crippen molar-refractivity contribution in [3.8, 4) is 5.75 Å². The van der Waals surface area contributed by atoms with Gasteiger partial charge in [-0.15, -0.1) is 11.3 Å². The first-order valence-corrected chi connectivity index (χ1v) is 10.8. The molecule has 4 heterocycles. The van der Waals surface area contributed by atoms with Crippen molar-refractivity contribution in [1.82, 2.24) is 19.4 Å². The van der Waals surface area contributed by atoms with Crippen LogP contribution >= 0.6 is 11.3 Å². The van der Waals surface area contributed by atoms with E-state index in [1.807, 2.05) is 24.3 Å². The highest BCUT2D eigenvalue weighted by molar-refractivity contribution is 7.25. The number of H-pyrrole nitrogens is 1. The zero-order valence-electron chi connectivity index (χ0n) is 16.6. The number of aromatic nitrogens is 3. The van der Waals surface area contributed by atoms with Crippen LogP contribution in [0.15, 0.2) is 52.2 Å². The number of fused-ring (bicyclic) bond motifs is 3. The third-order valence-electron chi connectivity index (χ3n) is 5.86. The average molecular weight is 423 g/mol. The molecule has 0 saturated carbocycles. The largest absolute Gasteiger partial charge is 0.497 e. The highest BCUT2D eigenvalue weighted by Crippen LogP contribution is 2.29. The first kappa shape index (κ1) is 19.0. The van der Waals surface area contributed by atoms with Crippen LogP contribution in [-0.4, -0.2) is 46.2 Å². The third-order valence-corrected chi connectivity index (χ3v) is 6.96. The number of rotatable bonds is 5. The van der Waals surface area contributed by atoms with Gasteiger partial charge in [0.2, 0.25) is 0 Å². The summed E-state index contributed by atoms with van der Waals surface area (Å²) in [4.78, 5) is 35.9. The van der Waals surface area contributed by atoms with E-state index in [1.54, 1.807) is 13.3 Å². The van der Waals surface area contributed by atoms with E-state index >= 15 is 0 Å². The van der Waals surface area contributed by atoms with Gasteiger partial charge in [0.25, 0.3) is 5.56 Å². The van der Waals surface area contributed by atoms with Gasteiger partial charge in [0, 0.05) is 31.2 Å². The number of methoxy groups -OCH3 is 1.